The van der Waals surface area contributed by atoms with Crippen molar-refractivity contribution in [1.82, 2.24) is 15.0 Å². The van der Waals surface area contributed by atoms with Crippen molar-refractivity contribution in [3.63, 3.8) is 0 Å². The fraction of sp³-hybridized carbons (Fsp3) is 0.240. The quantitative estimate of drug-likeness (QED) is 0.454. The predicted octanol–water partition coefficient (Wildman–Crippen LogP) is 4.81. The molecule has 4 aromatic rings. The summed E-state index contributed by atoms with van der Waals surface area (Å²) in [5.41, 5.74) is 0.0458. The highest BCUT2D eigenvalue weighted by Crippen LogP contribution is 2.39. The first-order valence-electron chi connectivity index (χ1n) is 10.5. The van der Waals surface area contributed by atoms with Gasteiger partial charge in [0.15, 0.2) is 5.82 Å². The Morgan fingerprint density at radius 2 is 2.00 bits per heavy atom. The monoisotopic (exact) mass is 446 g/mol. The number of methoxy groups -OCH3 is 1. The molecule has 0 radical (unpaired) electrons. The standard InChI is InChI=1S/C25H20F2N4O2/c1-4-16-19(26)9-8-13-10-15(32)11-17(20(13)16)22-21(27)23-18(12-28-22)24(30-25(29-23)33-3)31(2)14-6-5-7-14/h1,8-12,14,32H,5-7H2,2-3H3. The molecule has 2 heterocycles. The van der Waals surface area contributed by atoms with Gasteiger partial charge in [0.1, 0.15) is 28.6 Å². The number of rotatable bonds is 4. The van der Waals surface area contributed by atoms with E-state index in [9.17, 15) is 9.50 Å². The van der Waals surface area contributed by atoms with Crippen LogP contribution in [0.4, 0.5) is 14.6 Å². The largest absolute Gasteiger partial charge is 0.508 e. The zero-order valence-corrected chi connectivity index (χ0v) is 18.1. The summed E-state index contributed by atoms with van der Waals surface area (Å²) in [4.78, 5) is 15.0. The van der Waals surface area contributed by atoms with Crippen LogP contribution >= 0.6 is 0 Å². The number of hydrogen-bond acceptors (Lipinski definition) is 6. The van der Waals surface area contributed by atoms with Crippen LogP contribution in [0.5, 0.6) is 11.8 Å². The molecule has 2 aromatic heterocycles. The molecule has 1 aliphatic rings. The van der Waals surface area contributed by atoms with Crippen LogP contribution in [0.15, 0.2) is 30.5 Å². The van der Waals surface area contributed by atoms with Gasteiger partial charge >= 0.3 is 6.01 Å². The van der Waals surface area contributed by atoms with Gasteiger partial charge in [-0.15, -0.1) is 6.42 Å². The molecule has 0 spiro atoms. The lowest BCUT2D eigenvalue weighted by Gasteiger charge is -2.36. The van der Waals surface area contributed by atoms with Crippen LogP contribution in [-0.2, 0) is 0 Å². The highest BCUT2D eigenvalue weighted by atomic mass is 19.1. The topological polar surface area (TPSA) is 71.4 Å². The molecule has 0 amide bonds. The van der Waals surface area contributed by atoms with E-state index in [2.05, 4.69) is 20.9 Å². The second kappa shape index (κ2) is 7.85. The third-order valence-electron chi connectivity index (χ3n) is 6.23. The van der Waals surface area contributed by atoms with Crippen LogP contribution in [0.1, 0.15) is 24.8 Å². The van der Waals surface area contributed by atoms with E-state index >= 15 is 4.39 Å². The van der Waals surface area contributed by atoms with Crippen molar-refractivity contribution in [2.24, 2.45) is 0 Å². The fourth-order valence-corrected chi connectivity index (χ4v) is 4.27. The summed E-state index contributed by atoms with van der Waals surface area (Å²) in [6.07, 6.45) is 10.2. The molecule has 8 heteroatoms. The maximum absolute atomic E-state index is 16.0. The zero-order chi connectivity index (χ0) is 23.3. The van der Waals surface area contributed by atoms with Crippen molar-refractivity contribution in [3.8, 4) is 35.4 Å². The Hall–Kier alpha value is -3.99. The fourth-order valence-electron chi connectivity index (χ4n) is 4.27. The molecule has 6 nitrogen and oxygen atoms in total. The van der Waals surface area contributed by atoms with Gasteiger partial charge in [0, 0.05) is 30.2 Å². The minimum Gasteiger partial charge on any atom is -0.508 e. The molecule has 2 aromatic carbocycles. The first-order chi connectivity index (χ1) is 15.9. The van der Waals surface area contributed by atoms with E-state index in [1.165, 1.54) is 37.6 Å². The number of benzene rings is 2. The summed E-state index contributed by atoms with van der Waals surface area (Å²) < 4.78 is 35.7. The number of ether oxygens (including phenoxy) is 1. The van der Waals surface area contributed by atoms with Gasteiger partial charge in [0.2, 0.25) is 0 Å². The number of hydrogen-bond donors (Lipinski definition) is 1. The van der Waals surface area contributed by atoms with Crippen LogP contribution in [0.2, 0.25) is 0 Å². The van der Waals surface area contributed by atoms with Crippen LogP contribution in [-0.4, -0.2) is 40.3 Å². The third kappa shape index (κ3) is 3.28. The lowest BCUT2D eigenvalue weighted by Crippen LogP contribution is -2.37. The predicted molar refractivity (Wildman–Crippen MR) is 122 cm³/mol. The highest BCUT2D eigenvalue weighted by Gasteiger charge is 2.27. The first kappa shape index (κ1) is 20.9. The average molecular weight is 446 g/mol. The number of nitrogens with zero attached hydrogens (tertiary/aromatic N) is 4. The molecule has 1 aliphatic carbocycles. The molecule has 1 N–H and O–H groups in total. The molecule has 33 heavy (non-hydrogen) atoms. The summed E-state index contributed by atoms with van der Waals surface area (Å²) in [5, 5.41) is 11.4. The lowest BCUT2D eigenvalue weighted by atomic mass is 9.91. The van der Waals surface area contributed by atoms with E-state index in [0.717, 1.165) is 19.3 Å². The van der Waals surface area contributed by atoms with Gasteiger partial charge in [0.25, 0.3) is 0 Å². The number of anilines is 1. The summed E-state index contributed by atoms with van der Waals surface area (Å²) in [7, 11) is 3.32. The number of aromatic hydroxyl groups is 1. The minimum atomic E-state index is -0.740. The Balaban J connectivity index is 1.81. The Morgan fingerprint density at radius 3 is 2.67 bits per heavy atom. The molecule has 0 bridgehead atoms. The molecule has 0 aliphatic heterocycles. The zero-order valence-electron chi connectivity index (χ0n) is 18.1. The Labute approximate surface area is 188 Å². The Morgan fingerprint density at radius 1 is 1.21 bits per heavy atom. The molecule has 0 unspecified atom stereocenters. The van der Waals surface area contributed by atoms with Crippen LogP contribution in [0, 0.1) is 24.0 Å². The number of phenols is 1. The number of terminal acetylenes is 1. The van der Waals surface area contributed by atoms with E-state index < -0.39 is 11.6 Å². The highest BCUT2D eigenvalue weighted by molar-refractivity contribution is 6.03. The average Bonchev–Trinajstić information content (AvgIpc) is 2.77. The van der Waals surface area contributed by atoms with Crippen molar-refractivity contribution >= 4 is 27.5 Å². The summed E-state index contributed by atoms with van der Waals surface area (Å²) in [5.74, 6) is 1.37. The Bertz CT molecular complexity index is 1460. The van der Waals surface area contributed by atoms with Gasteiger partial charge in [-0.3, -0.25) is 4.98 Å². The third-order valence-corrected chi connectivity index (χ3v) is 6.23. The molecule has 1 saturated carbocycles. The van der Waals surface area contributed by atoms with Gasteiger partial charge in [-0.25, -0.2) is 8.78 Å². The summed E-state index contributed by atoms with van der Waals surface area (Å²) in [6.45, 7) is 0. The summed E-state index contributed by atoms with van der Waals surface area (Å²) >= 11 is 0. The van der Waals surface area contributed by atoms with Crippen LogP contribution in [0.25, 0.3) is 32.9 Å². The molecular formula is C25H20F2N4O2. The molecule has 5 rings (SSSR count). The molecule has 166 valence electrons. The number of fused-ring (bicyclic) bond motifs is 2. The number of aromatic nitrogens is 3. The Kier molecular flexibility index (Phi) is 4.97. The van der Waals surface area contributed by atoms with E-state index in [4.69, 9.17) is 11.2 Å². The van der Waals surface area contributed by atoms with Crippen molar-refractivity contribution in [2.45, 2.75) is 25.3 Å². The molecular weight excluding hydrogens is 426 g/mol. The number of halogens is 2. The normalized spacial score (nSPS) is 13.7. The van der Waals surface area contributed by atoms with Gasteiger partial charge in [0.05, 0.1) is 18.1 Å². The van der Waals surface area contributed by atoms with E-state index in [0.29, 0.717) is 22.6 Å². The summed E-state index contributed by atoms with van der Waals surface area (Å²) in [6, 6.07) is 5.77. The lowest BCUT2D eigenvalue weighted by molar-refractivity contribution is 0.375. The maximum atomic E-state index is 16.0. The second-order valence-corrected chi connectivity index (χ2v) is 8.07. The van der Waals surface area contributed by atoms with Gasteiger partial charge in [-0.05, 0) is 42.8 Å². The van der Waals surface area contributed by atoms with E-state index in [1.54, 1.807) is 0 Å². The molecule has 0 saturated heterocycles. The van der Waals surface area contributed by atoms with Gasteiger partial charge in [-0.2, -0.15) is 9.97 Å². The van der Waals surface area contributed by atoms with Crippen molar-refractivity contribution in [2.75, 3.05) is 19.1 Å². The van der Waals surface area contributed by atoms with Crippen LogP contribution < -0.4 is 9.64 Å². The van der Waals surface area contributed by atoms with Crippen molar-refractivity contribution in [3.05, 3.63) is 47.7 Å². The van der Waals surface area contributed by atoms with Crippen molar-refractivity contribution < 1.29 is 18.6 Å². The SMILES string of the molecule is C#Cc1c(F)ccc2cc(O)cc(-c3ncc4c(N(C)C5CCC5)nc(OC)nc4c3F)c12. The minimum absolute atomic E-state index is 0.0168. The van der Waals surface area contributed by atoms with Gasteiger partial charge in [-0.1, -0.05) is 12.0 Å². The smallest absolute Gasteiger partial charge is 0.318 e. The maximum Gasteiger partial charge on any atom is 0.318 e. The van der Waals surface area contributed by atoms with E-state index in [-0.39, 0.29) is 39.5 Å². The van der Waals surface area contributed by atoms with Gasteiger partial charge < -0.3 is 14.7 Å². The molecule has 1 fully saturated rings. The number of pyridine rings is 1. The van der Waals surface area contributed by atoms with E-state index in [1.807, 2.05) is 11.9 Å². The molecule has 0 atom stereocenters. The second-order valence-electron chi connectivity index (χ2n) is 8.07. The van der Waals surface area contributed by atoms with Crippen molar-refractivity contribution in [1.29, 1.82) is 0 Å². The first-order valence-corrected chi connectivity index (χ1v) is 10.5. The number of phenolic OH excluding ortho intramolecular Hbond substituents is 1. The van der Waals surface area contributed by atoms with Crippen LogP contribution in [0.3, 0.4) is 0 Å².